The molecule has 0 aliphatic carbocycles. The first-order valence-corrected chi connectivity index (χ1v) is 16.8. The van der Waals surface area contributed by atoms with E-state index in [1.165, 1.54) is 4.68 Å². The lowest BCUT2D eigenvalue weighted by atomic mass is 9.89. The highest BCUT2D eigenvalue weighted by molar-refractivity contribution is 5.87. The number of amides is 3. The van der Waals surface area contributed by atoms with Gasteiger partial charge >= 0.3 is 11.7 Å². The second-order valence-electron chi connectivity index (χ2n) is 13.5. The van der Waals surface area contributed by atoms with Crippen LogP contribution in [0.3, 0.4) is 0 Å². The number of phenols is 1. The molecule has 1 atom stereocenters. The predicted octanol–water partition coefficient (Wildman–Crippen LogP) is 3.23. The predicted molar refractivity (Wildman–Crippen MR) is 178 cm³/mol. The minimum Gasteiger partial charge on any atom is -0.507 e. The third kappa shape index (κ3) is 7.23. The molecule has 3 aliphatic rings. The van der Waals surface area contributed by atoms with Gasteiger partial charge in [-0.15, -0.1) is 5.10 Å². The zero-order valence-electron chi connectivity index (χ0n) is 27.7. The van der Waals surface area contributed by atoms with Crippen LogP contribution in [-0.4, -0.2) is 111 Å². The van der Waals surface area contributed by atoms with Crippen LogP contribution in [0.5, 0.6) is 5.75 Å². The summed E-state index contributed by atoms with van der Waals surface area (Å²) < 4.78 is 7.09. The topological polar surface area (TPSA) is 136 Å². The number of hydrogen-bond donors (Lipinski definition) is 3. The number of hydrogen-bond acceptors (Lipinski definition) is 7. The number of aromatic amines is 1. The maximum absolute atomic E-state index is 14.1. The average molecular weight is 646 g/mol. The summed E-state index contributed by atoms with van der Waals surface area (Å²) in [7, 11) is 0. The van der Waals surface area contributed by atoms with E-state index in [1.807, 2.05) is 61.2 Å². The van der Waals surface area contributed by atoms with Gasteiger partial charge in [-0.2, -0.15) is 0 Å². The maximum Gasteiger partial charge on any atom is 0.343 e. The molecule has 3 saturated heterocycles. The van der Waals surface area contributed by atoms with Crippen molar-refractivity contribution >= 4 is 11.9 Å². The zero-order chi connectivity index (χ0) is 33.1. The van der Waals surface area contributed by atoms with Crippen LogP contribution in [-0.2, 0) is 16.0 Å². The van der Waals surface area contributed by atoms with E-state index in [0.717, 1.165) is 61.4 Å². The van der Waals surface area contributed by atoms with Crippen LogP contribution in [0.15, 0.2) is 47.3 Å². The van der Waals surface area contributed by atoms with E-state index in [-0.39, 0.29) is 35.0 Å². The van der Waals surface area contributed by atoms with Crippen LogP contribution in [0.2, 0.25) is 0 Å². The quantitative estimate of drug-likeness (QED) is 0.359. The van der Waals surface area contributed by atoms with Gasteiger partial charge in [0.1, 0.15) is 11.8 Å². The molecule has 12 nitrogen and oxygen atoms in total. The van der Waals surface area contributed by atoms with Gasteiger partial charge in [-0.05, 0) is 63.1 Å². The molecule has 6 rings (SSSR count). The van der Waals surface area contributed by atoms with Gasteiger partial charge < -0.3 is 25.0 Å². The van der Waals surface area contributed by atoms with Gasteiger partial charge in [0, 0.05) is 70.0 Å². The molecule has 3 N–H and O–H groups in total. The fourth-order valence-corrected chi connectivity index (χ4v) is 7.28. The number of piperazine rings is 1. The van der Waals surface area contributed by atoms with Crippen molar-refractivity contribution in [3.8, 4) is 17.1 Å². The molecule has 2 aromatic carbocycles. The van der Waals surface area contributed by atoms with Crippen molar-refractivity contribution in [3.05, 3.63) is 69.6 Å². The number of carbonyl (C=O) groups is 2. The highest BCUT2D eigenvalue weighted by atomic mass is 16.5. The molecule has 252 valence electrons. The summed E-state index contributed by atoms with van der Waals surface area (Å²) in [6.07, 6.45) is 3.45. The first-order valence-electron chi connectivity index (χ1n) is 16.8. The second kappa shape index (κ2) is 13.9. The molecule has 3 amide bonds. The number of aromatic hydroxyl groups is 1. The Bertz CT molecular complexity index is 1590. The van der Waals surface area contributed by atoms with Crippen LogP contribution in [0.4, 0.5) is 4.79 Å². The van der Waals surface area contributed by atoms with Crippen LogP contribution in [0.1, 0.15) is 55.3 Å². The van der Waals surface area contributed by atoms with Crippen molar-refractivity contribution in [1.82, 2.24) is 34.8 Å². The third-order valence-electron chi connectivity index (χ3n) is 10.3. The summed E-state index contributed by atoms with van der Waals surface area (Å²) in [5, 5.41) is 18.0. The molecule has 0 spiro atoms. The van der Waals surface area contributed by atoms with Gasteiger partial charge in [0.15, 0.2) is 5.82 Å². The Balaban J connectivity index is 1.11. The molecule has 47 heavy (non-hydrogen) atoms. The number of urea groups is 1. The van der Waals surface area contributed by atoms with Crippen LogP contribution in [0.25, 0.3) is 11.4 Å². The molecule has 0 bridgehead atoms. The van der Waals surface area contributed by atoms with Gasteiger partial charge in [-0.3, -0.25) is 14.7 Å². The van der Waals surface area contributed by atoms with Crippen LogP contribution < -0.4 is 11.0 Å². The van der Waals surface area contributed by atoms with Gasteiger partial charge in [0.2, 0.25) is 5.91 Å². The van der Waals surface area contributed by atoms with Gasteiger partial charge in [0.25, 0.3) is 0 Å². The monoisotopic (exact) mass is 645 g/mol. The van der Waals surface area contributed by atoms with Crippen LogP contribution in [0, 0.1) is 13.8 Å². The SMILES string of the molecule is Cc1cc(C[C@@H](NC(=O)N2CCC(n3nc(-c4ccccc4)[nH]c3=O)CC2)C(=O)N2CCN(C3(C)CCOCC3)CC2)cc(C)c1O. The normalized spacial score (nSPS) is 19.8. The number of piperidine rings is 1. The van der Waals surface area contributed by atoms with Gasteiger partial charge in [-0.1, -0.05) is 42.5 Å². The molecule has 3 aromatic rings. The summed E-state index contributed by atoms with van der Waals surface area (Å²) in [5.74, 6) is 0.678. The number of aryl methyl sites for hydroxylation is 2. The first-order chi connectivity index (χ1) is 22.6. The molecule has 12 heteroatoms. The van der Waals surface area contributed by atoms with Gasteiger partial charge in [-0.25, -0.2) is 14.3 Å². The average Bonchev–Trinajstić information content (AvgIpc) is 3.48. The van der Waals surface area contributed by atoms with Crippen molar-refractivity contribution in [2.24, 2.45) is 0 Å². The zero-order valence-corrected chi connectivity index (χ0v) is 27.7. The van der Waals surface area contributed by atoms with E-state index >= 15 is 0 Å². The highest BCUT2D eigenvalue weighted by Crippen LogP contribution is 2.29. The van der Waals surface area contributed by atoms with Crippen molar-refractivity contribution < 1.29 is 19.4 Å². The molecule has 1 aromatic heterocycles. The number of rotatable bonds is 7. The highest BCUT2D eigenvalue weighted by Gasteiger charge is 2.38. The largest absolute Gasteiger partial charge is 0.507 e. The van der Waals surface area contributed by atoms with Crippen LogP contribution >= 0.6 is 0 Å². The minimum absolute atomic E-state index is 0.0817. The molecular weight excluding hydrogens is 598 g/mol. The van der Waals surface area contributed by atoms with Gasteiger partial charge in [0.05, 0.1) is 6.04 Å². The Kier molecular flexibility index (Phi) is 9.70. The number of nitrogens with one attached hydrogen (secondary N) is 2. The Morgan fingerprint density at radius 2 is 1.64 bits per heavy atom. The Hall–Kier alpha value is -4.16. The lowest BCUT2D eigenvalue weighted by Crippen LogP contribution is -2.61. The fourth-order valence-electron chi connectivity index (χ4n) is 7.28. The number of aromatic nitrogens is 3. The van der Waals surface area contributed by atoms with E-state index in [2.05, 4.69) is 27.2 Å². The lowest BCUT2D eigenvalue weighted by molar-refractivity contribution is -0.136. The van der Waals surface area contributed by atoms with E-state index in [9.17, 15) is 19.5 Å². The number of ether oxygens (including phenoxy) is 1. The summed E-state index contributed by atoms with van der Waals surface area (Å²) in [6.45, 7) is 11.2. The smallest absolute Gasteiger partial charge is 0.343 e. The number of carbonyl (C=O) groups excluding carboxylic acids is 2. The first kappa shape index (κ1) is 32.8. The standard InChI is InChI=1S/C35H47N7O5/c1-24-21-26(22-25(2)30(24)43)23-29(32(44)39-15-17-41(18-16-39)35(3)11-19-47-20-12-35)36-33(45)40-13-9-28(10-14-40)42-34(46)37-31(38-42)27-7-5-4-6-8-27/h4-8,21-22,28-29,43H,9-20,23H2,1-3H3,(H,36,45)(H,37,38,46)/t29-/m1/s1. The fraction of sp³-hybridized carbons (Fsp3) is 0.543. The third-order valence-corrected chi connectivity index (χ3v) is 10.3. The number of nitrogens with zero attached hydrogens (tertiary/aromatic N) is 5. The van der Waals surface area contributed by atoms with E-state index < -0.39 is 6.04 Å². The molecule has 0 unspecified atom stereocenters. The molecule has 0 radical (unpaired) electrons. The van der Waals surface area contributed by atoms with Crippen molar-refractivity contribution in [2.45, 2.75) is 70.5 Å². The number of H-pyrrole nitrogens is 1. The molecule has 4 heterocycles. The Morgan fingerprint density at radius 1 is 1.00 bits per heavy atom. The number of phenolic OH excluding ortho intramolecular Hbond substituents is 1. The van der Waals surface area contributed by atoms with E-state index in [0.29, 0.717) is 51.3 Å². The maximum atomic E-state index is 14.1. The molecular formula is C35H47N7O5. The number of benzene rings is 2. The van der Waals surface area contributed by atoms with E-state index in [4.69, 9.17) is 4.74 Å². The summed E-state index contributed by atoms with van der Waals surface area (Å²) in [4.78, 5) is 49.4. The molecule has 3 fully saturated rings. The molecule has 3 aliphatic heterocycles. The minimum atomic E-state index is -0.754. The Labute approximate surface area is 275 Å². The number of likely N-dealkylation sites (tertiary alicyclic amines) is 1. The lowest BCUT2D eigenvalue weighted by Gasteiger charge is -2.48. The van der Waals surface area contributed by atoms with E-state index in [1.54, 1.807) is 4.90 Å². The summed E-state index contributed by atoms with van der Waals surface area (Å²) in [6, 6.07) is 12.1. The summed E-state index contributed by atoms with van der Waals surface area (Å²) >= 11 is 0. The Morgan fingerprint density at radius 3 is 2.28 bits per heavy atom. The summed E-state index contributed by atoms with van der Waals surface area (Å²) in [5.41, 5.74) is 3.02. The second-order valence-corrected chi connectivity index (χ2v) is 13.5. The van der Waals surface area contributed by atoms with Crippen molar-refractivity contribution in [2.75, 3.05) is 52.5 Å². The van der Waals surface area contributed by atoms with Crippen molar-refractivity contribution in [3.63, 3.8) is 0 Å². The molecule has 0 saturated carbocycles. The van der Waals surface area contributed by atoms with Crippen molar-refractivity contribution in [1.29, 1.82) is 0 Å².